The van der Waals surface area contributed by atoms with Crippen molar-refractivity contribution < 1.29 is 14.3 Å². The average Bonchev–Trinajstić information content (AvgIpc) is 2.73. The zero-order chi connectivity index (χ0) is 19.9. The fourth-order valence-electron chi connectivity index (χ4n) is 3.33. The monoisotopic (exact) mass is 422 g/mol. The Bertz CT molecular complexity index is 660. The highest BCUT2D eigenvalue weighted by Gasteiger charge is 2.25. The molecule has 0 spiro atoms. The SMILES string of the molecule is CC(C)C(=O)NC1CCCN(C(=O)COc2ccc(C3SCCCS3)cc2)C1. The van der Waals surface area contributed by atoms with Crippen LogP contribution in [0.2, 0.25) is 0 Å². The number of ether oxygens (including phenoxy) is 1. The van der Waals surface area contributed by atoms with E-state index in [1.165, 1.54) is 23.5 Å². The Morgan fingerprint density at radius 1 is 1.18 bits per heavy atom. The van der Waals surface area contributed by atoms with Crippen LogP contribution in [0.5, 0.6) is 5.75 Å². The summed E-state index contributed by atoms with van der Waals surface area (Å²) in [5.41, 5.74) is 1.31. The third-order valence-corrected chi connectivity index (χ3v) is 8.00. The summed E-state index contributed by atoms with van der Waals surface area (Å²) in [6.07, 6.45) is 3.11. The van der Waals surface area contributed by atoms with Crippen molar-refractivity contribution in [3.05, 3.63) is 29.8 Å². The van der Waals surface area contributed by atoms with Gasteiger partial charge in [-0.15, -0.1) is 23.5 Å². The number of nitrogens with one attached hydrogen (secondary N) is 1. The molecule has 0 radical (unpaired) electrons. The largest absolute Gasteiger partial charge is 0.484 e. The highest BCUT2D eigenvalue weighted by Crippen LogP contribution is 2.43. The van der Waals surface area contributed by atoms with E-state index in [9.17, 15) is 9.59 Å². The second kappa shape index (κ2) is 10.4. The molecule has 1 aromatic carbocycles. The molecular formula is C21H30N2O3S2. The number of thioether (sulfide) groups is 2. The zero-order valence-corrected chi connectivity index (χ0v) is 18.3. The number of likely N-dealkylation sites (tertiary alicyclic amines) is 1. The lowest BCUT2D eigenvalue weighted by Gasteiger charge is -2.33. The van der Waals surface area contributed by atoms with Gasteiger partial charge in [0.15, 0.2) is 6.61 Å². The molecule has 2 aliphatic heterocycles. The molecule has 2 saturated heterocycles. The molecule has 2 aliphatic rings. The van der Waals surface area contributed by atoms with E-state index in [1.807, 2.05) is 49.5 Å². The van der Waals surface area contributed by atoms with Crippen LogP contribution in [-0.4, -0.2) is 54.0 Å². The molecule has 28 heavy (non-hydrogen) atoms. The molecule has 2 heterocycles. The zero-order valence-electron chi connectivity index (χ0n) is 16.7. The number of amides is 2. The minimum atomic E-state index is -0.0391. The maximum absolute atomic E-state index is 12.5. The van der Waals surface area contributed by atoms with E-state index in [2.05, 4.69) is 17.4 Å². The van der Waals surface area contributed by atoms with Crippen LogP contribution in [0.15, 0.2) is 24.3 Å². The van der Waals surface area contributed by atoms with Gasteiger partial charge in [-0.25, -0.2) is 0 Å². The molecule has 0 saturated carbocycles. The van der Waals surface area contributed by atoms with Gasteiger partial charge in [0.25, 0.3) is 5.91 Å². The lowest BCUT2D eigenvalue weighted by atomic mass is 10.0. The van der Waals surface area contributed by atoms with Gasteiger partial charge in [0.05, 0.1) is 4.58 Å². The van der Waals surface area contributed by atoms with Crippen molar-refractivity contribution in [2.75, 3.05) is 31.2 Å². The van der Waals surface area contributed by atoms with Gasteiger partial charge >= 0.3 is 0 Å². The van der Waals surface area contributed by atoms with E-state index in [4.69, 9.17) is 4.74 Å². The summed E-state index contributed by atoms with van der Waals surface area (Å²) in [7, 11) is 0. The van der Waals surface area contributed by atoms with Gasteiger partial charge in [0.2, 0.25) is 5.91 Å². The molecule has 5 nitrogen and oxygen atoms in total. The smallest absolute Gasteiger partial charge is 0.260 e. The maximum Gasteiger partial charge on any atom is 0.260 e. The van der Waals surface area contributed by atoms with Crippen LogP contribution in [0.25, 0.3) is 0 Å². The van der Waals surface area contributed by atoms with Crippen LogP contribution in [0, 0.1) is 5.92 Å². The number of nitrogens with zero attached hydrogens (tertiary/aromatic N) is 1. The standard InChI is InChI=1S/C21H30N2O3S2/c1-15(2)20(25)22-17-5-3-10-23(13-17)19(24)14-26-18-8-6-16(7-9-18)21-27-11-4-12-28-21/h6-9,15,17,21H,3-5,10-14H2,1-2H3,(H,22,25). The first-order chi connectivity index (χ1) is 13.5. The van der Waals surface area contributed by atoms with Gasteiger partial charge in [-0.05, 0) is 48.5 Å². The quantitative estimate of drug-likeness (QED) is 0.758. The van der Waals surface area contributed by atoms with Crippen molar-refractivity contribution in [2.45, 2.75) is 43.7 Å². The number of carbonyl (C=O) groups excluding carboxylic acids is 2. The Labute approximate surface area is 176 Å². The van der Waals surface area contributed by atoms with E-state index in [0.717, 1.165) is 25.1 Å². The van der Waals surface area contributed by atoms with Crippen LogP contribution in [-0.2, 0) is 9.59 Å². The van der Waals surface area contributed by atoms with Crippen molar-refractivity contribution in [3.63, 3.8) is 0 Å². The Balaban J connectivity index is 1.46. The summed E-state index contributed by atoms with van der Waals surface area (Å²) in [4.78, 5) is 26.2. The Kier molecular flexibility index (Phi) is 7.97. The van der Waals surface area contributed by atoms with E-state index in [1.54, 1.807) is 4.90 Å². The Morgan fingerprint density at radius 2 is 1.89 bits per heavy atom. The number of benzene rings is 1. The minimum absolute atomic E-state index is 0.0223. The number of hydrogen-bond acceptors (Lipinski definition) is 5. The first-order valence-electron chi connectivity index (χ1n) is 10.1. The van der Waals surface area contributed by atoms with Crippen molar-refractivity contribution in [3.8, 4) is 5.75 Å². The van der Waals surface area contributed by atoms with Crippen LogP contribution < -0.4 is 10.1 Å². The molecule has 1 N–H and O–H groups in total. The first-order valence-corrected chi connectivity index (χ1v) is 12.2. The summed E-state index contributed by atoms with van der Waals surface area (Å²) in [5, 5.41) is 3.04. The van der Waals surface area contributed by atoms with Crippen molar-refractivity contribution in [1.82, 2.24) is 10.2 Å². The third-order valence-electron chi connectivity index (χ3n) is 4.99. The predicted octanol–water partition coefficient (Wildman–Crippen LogP) is 3.70. The highest BCUT2D eigenvalue weighted by atomic mass is 32.2. The topological polar surface area (TPSA) is 58.6 Å². The molecule has 1 unspecified atom stereocenters. The first kappa shape index (κ1) is 21.4. The van der Waals surface area contributed by atoms with Crippen molar-refractivity contribution in [1.29, 1.82) is 0 Å². The lowest BCUT2D eigenvalue weighted by molar-refractivity contribution is -0.135. The summed E-state index contributed by atoms with van der Waals surface area (Å²) < 4.78 is 6.24. The summed E-state index contributed by atoms with van der Waals surface area (Å²) in [5.74, 6) is 3.15. The molecule has 1 atom stereocenters. The Morgan fingerprint density at radius 3 is 2.57 bits per heavy atom. The maximum atomic E-state index is 12.5. The second-order valence-electron chi connectivity index (χ2n) is 7.63. The van der Waals surface area contributed by atoms with Crippen LogP contribution in [0.3, 0.4) is 0 Å². The molecule has 0 aromatic heterocycles. The molecule has 0 aliphatic carbocycles. The number of rotatable bonds is 6. The van der Waals surface area contributed by atoms with E-state index in [0.29, 0.717) is 11.1 Å². The van der Waals surface area contributed by atoms with Crippen LogP contribution in [0.4, 0.5) is 0 Å². The Hall–Kier alpha value is -1.34. The fourth-order valence-corrected chi connectivity index (χ4v) is 6.22. The van der Waals surface area contributed by atoms with Crippen molar-refractivity contribution >= 4 is 35.3 Å². The third kappa shape index (κ3) is 6.08. The van der Waals surface area contributed by atoms with Gasteiger partial charge in [0.1, 0.15) is 5.75 Å². The van der Waals surface area contributed by atoms with Gasteiger partial charge in [-0.2, -0.15) is 0 Å². The molecule has 154 valence electrons. The van der Waals surface area contributed by atoms with Gasteiger partial charge in [-0.1, -0.05) is 26.0 Å². The molecule has 0 bridgehead atoms. The molecule has 2 fully saturated rings. The van der Waals surface area contributed by atoms with Gasteiger partial charge < -0.3 is 15.0 Å². The predicted molar refractivity (Wildman–Crippen MR) is 117 cm³/mol. The number of carbonyl (C=O) groups is 2. The normalized spacial score (nSPS) is 20.8. The summed E-state index contributed by atoms with van der Waals surface area (Å²) in [6.45, 7) is 5.09. The van der Waals surface area contributed by atoms with Gasteiger partial charge in [0, 0.05) is 25.0 Å². The van der Waals surface area contributed by atoms with Crippen LogP contribution in [0.1, 0.15) is 43.3 Å². The van der Waals surface area contributed by atoms with Crippen molar-refractivity contribution in [2.24, 2.45) is 5.92 Å². The van der Waals surface area contributed by atoms with E-state index < -0.39 is 0 Å². The van der Waals surface area contributed by atoms with E-state index >= 15 is 0 Å². The minimum Gasteiger partial charge on any atom is -0.484 e. The summed E-state index contributed by atoms with van der Waals surface area (Å²) in [6, 6.07) is 8.17. The summed E-state index contributed by atoms with van der Waals surface area (Å²) >= 11 is 3.99. The second-order valence-corrected chi connectivity index (χ2v) is 10.4. The molecule has 3 rings (SSSR count). The number of hydrogen-bond donors (Lipinski definition) is 1. The number of piperidine rings is 1. The van der Waals surface area contributed by atoms with Gasteiger partial charge in [-0.3, -0.25) is 9.59 Å². The molecule has 2 amide bonds. The fraction of sp³-hybridized carbons (Fsp3) is 0.619. The molecule has 7 heteroatoms. The van der Waals surface area contributed by atoms with Crippen LogP contribution >= 0.6 is 23.5 Å². The highest BCUT2D eigenvalue weighted by molar-refractivity contribution is 8.16. The van der Waals surface area contributed by atoms with E-state index in [-0.39, 0.29) is 30.4 Å². The molecular weight excluding hydrogens is 392 g/mol. The average molecular weight is 423 g/mol. The lowest BCUT2D eigenvalue weighted by Crippen LogP contribution is -2.51. The molecule has 1 aromatic rings.